The van der Waals surface area contributed by atoms with E-state index in [1.807, 2.05) is 18.2 Å². The number of benzene rings is 2. The Hall–Kier alpha value is -0.910. The summed E-state index contributed by atoms with van der Waals surface area (Å²) in [5.41, 5.74) is 1.16. The fourth-order valence-corrected chi connectivity index (χ4v) is 2.68. The summed E-state index contributed by atoms with van der Waals surface area (Å²) >= 11 is 6.62. The van der Waals surface area contributed by atoms with Gasteiger partial charge in [0.05, 0.1) is 8.95 Å². The molecule has 0 aliphatic rings. The topological polar surface area (TPSA) is 21.3 Å². The third kappa shape index (κ3) is 4.28. The van der Waals surface area contributed by atoms with E-state index >= 15 is 0 Å². The summed E-state index contributed by atoms with van der Waals surface area (Å²) in [5.74, 6) is 0.772. The van der Waals surface area contributed by atoms with E-state index in [4.69, 9.17) is 4.74 Å². The van der Waals surface area contributed by atoms with Gasteiger partial charge in [-0.1, -0.05) is 13.0 Å². The third-order valence-electron chi connectivity index (χ3n) is 3.09. The van der Waals surface area contributed by atoms with Crippen molar-refractivity contribution in [1.82, 2.24) is 5.32 Å². The minimum atomic E-state index is -0.346. The molecule has 2 nitrogen and oxygen atoms in total. The second kappa shape index (κ2) is 7.38. The van der Waals surface area contributed by atoms with E-state index in [1.165, 1.54) is 6.07 Å². The molecule has 0 aliphatic heterocycles. The van der Waals surface area contributed by atoms with Crippen molar-refractivity contribution < 1.29 is 9.13 Å². The van der Waals surface area contributed by atoms with Crippen LogP contribution < -0.4 is 10.1 Å². The maximum absolute atomic E-state index is 13.5. The number of halogens is 3. The van der Waals surface area contributed by atoms with Crippen molar-refractivity contribution in [2.45, 2.75) is 19.9 Å². The van der Waals surface area contributed by atoms with Crippen LogP contribution in [0.5, 0.6) is 11.5 Å². The van der Waals surface area contributed by atoms with Crippen molar-refractivity contribution in [3.63, 3.8) is 0 Å². The van der Waals surface area contributed by atoms with E-state index in [0.29, 0.717) is 16.0 Å². The average Bonchev–Trinajstić information content (AvgIpc) is 2.45. The molecule has 0 aromatic heterocycles. The lowest BCUT2D eigenvalue weighted by molar-refractivity contribution is 0.472. The van der Waals surface area contributed by atoms with Crippen LogP contribution in [0.2, 0.25) is 0 Å². The summed E-state index contributed by atoms with van der Waals surface area (Å²) in [6.07, 6.45) is 0. The Morgan fingerprint density at radius 2 is 1.90 bits per heavy atom. The first-order chi connectivity index (χ1) is 10.0. The van der Waals surface area contributed by atoms with Gasteiger partial charge in [0.2, 0.25) is 0 Å². The van der Waals surface area contributed by atoms with Crippen LogP contribution >= 0.6 is 31.9 Å². The molecule has 1 unspecified atom stereocenters. The Morgan fingerprint density at radius 3 is 2.52 bits per heavy atom. The number of rotatable bonds is 5. The summed E-state index contributed by atoms with van der Waals surface area (Å²) in [6.45, 7) is 5.09. The van der Waals surface area contributed by atoms with Gasteiger partial charge in [0.15, 0.2) is 0 Å². The van der Waals surface area contributed by atoms with Crippen LogP contribution in [-0.4, -0.2) is 6.54 Å². The van der Waals surface area contributed by atoms with Gasteiger partial charge in [-0.25, -0.2) is 4.39 Å². The molecular weight excluding hydrogens is 401 g/mol. The van der Waals surface area contributed by atoms with E-state index in [1.54, 1.807) is 12.1 Å². The second-order valence-corrected chi connectivity index (χ2v) is 6.36. The fourth-order valence-electron chi connectivity index (χ4n) is 1.96. The molecule has 0 saturated carbocycles. The molecule has 0 heterocycles. The monoisotopic (exact) mass is 415 g/mol. The summed E-state index contributed by atoms with van der Waals surface area (Å²) in [6, 6.07) is 10.9. The SMILES string of the molecule is CCNC(C)c1ccc(Oc2ccc(Br)c(F)c2)c(Br)c1. The van der Waals surface area contributed by atoms with Crippen molar-refractivity contribution in [2.24, 2.45) is 0 Å². The lowest BCUT2D eigenvalue weighted by atomic mass is 10.1. The van der Waals surface area contributed by atoms with E-state index in [0.717, 1.165) is 16.6 Å². The molecule has 2 rings (SSSR count). The van der Waals surface area contributed by atoms with Crippen LogP contribution in [-0.2, 0) is 0 Å². The van der Waals surface area contributed by atoms with Gasteiger partial charge >= 0.3 is 0 Å². The first-order valence-corrected chi connectivity index (χ1v) is 8.25. The minimum absolute atomic E-state index is 0.269. The van der Waals surface area contributed by atoms with Gasteiger partial charge in [-0.2, -0.15) is 0 Å². The molecule has 0 saturated heterocycles. The zero-order valence-corrected chi connectivity index (χ0v) is 15.0. The zero-order chi connectivity index (χ0) is 15.4. The van der Waals surface area contributed by atoms with Gasteiger partial charge in [-0.05, 0) is 75.2 Å². The minimum Gasteiger partial charge on any atom is -0.456 e. The molecule has 2 aromatic carbocycles. The standard InChI is InChI=1S/C16H16Br2FNO/c1-3-20-10(2)11-4-7-16(14(18)8-11)21-12-5-6-13(17)15(19)9-12/h4-10,20H,3H2,1-2H3. The highest BCUT2D eigenvalue weighted by atomic mass is 79.9. The van der Waals surface area contributed by atoms with Crippen LogP contribution in [0.4, 0.5) is 4.39 Å². The maximum atomic E-state index is 13.5. The predicted molar refractivity (Wildman–Crippen MR) is 90.4 cm³/mol. The van der Waals surface area contributed by atoms with Crippen molar-refractivity contribution in [3.8, 4) is 11.5 Å². The van der Waals surface area contributed by atoms with Crippen molar-refractivity contribution >= 4 is 31.9 Å². The molecule has 0 aliphatic carbocycles. The van der Waals surface area contributed by atoms with Gasteiger partial charge < -0.3 is 10.1 Å². The highest BCUT2D eigenvalue weighted by Gasteiger charge is 2.09. The quantitative estimate of drug-likeness (QED) is 0.663. The van der Waals surface area contributed by atoms with Crippen molar-refractivity contribution in [2.75, 3.05) is 6.54 Å². The molecule has 0 bridgehead atoms. The maximum Gasteiger partial charge on any atom is 0.141 e. The molecular formula is C16H16Br2FNO. The molecule has 0 amide bonds. The smallest absolute Gasteiger partial charge is 0.141 e. The number of hydrogen-bond donors (Lipinski definition) is 1. The summed E-state index contributed by atoms with van der Waals surface area (Å²) in [4.78, 5) is 0. The fraction of sp³-hybridized carbons (Fsp3) is 0.250. The Bertz CT molecular complexity index is 634. The van der Waals surface area contributed by atoms with Crippen LogP contribution in [0.3, 0.4) is 0 Å². The largest absolute Gasteiger partial charge is 0.456 e. The average molecular weight is 417 g/mol. The number of ether oxygens (including phenoxy) is 1. The van der Waals surface area contributed by atoms with Crippen LogP contribution in [0, 0.1) is 5.82 Å². The van der Waals surface area contributed by atoms with Gasteiger partial charge in [-0.3, -0.25) is 0 Å². The first kappa shape index (κ1) is 16.5. The Kier molecular flexibility index (Phi) is 5.79. The van der Waals surface area contributed by atoms with E-state index in [2.05, 4.69) is 51.0 Å². The Morgan fingerprint density at radius 1 is 1.14 bits per heavy atom. The first-order valence-electron chi connectivity index (χ1n) is 6.67. The molecule has 112 valence electrons. The number of hydrogen-bond acceptors (Lipinski definition) is 2. The molecule has 1 N–H and O–H groups in total. The van der Waals surface area contributed by atoms with Crippen LogP contribution in [0.15, 0.2) is 45.3 Å². The van der Waals surface area contributed by atoms with Crippen molar-refractivity contribution in [3.05, 3.63) is 56.7 Å². The van der Waals surface area contributed by atoms with Crippen LogP contribution in [0.25, 0.3) is 0 Å². The Balaban J connectivity index is 2.19. The lowest BCUT2D eigenvalue weighted by Crippen LogP contribution is -2.17. The van der Waals surface area contributed by atoms with E-state index in [9.17, 15) is 4.39 Å². The predicted octanol–water partition coefficient (Wildman–Crippen LogP) is 5.81. The molecule has 0 spiro atoms. The molecule has 0 fully saturated rings. The molecule has 0 radical (unpaired) electrons. The summed E-state index contributed by atoms with van der Waals surface area (Å²) < 4.78 is 20.5. The molecule has 5 heteroatoms. The second-order valence-electron chi connectivity index (χ2n) is 4.65. The van der Waals surface area contributed by atoms with E-state index in [-0.39, 0.29) is 11.9 Å². The normalized spacial score (nSPS) is 12.2. The molecule has 21 heavy (non-hydrogen) atoms. The molecule has 2 aromatic rings. The van der Waals surface area contributed by atoms with Gasteiger partial charge in [0.25, 0.3) is 0 Å². The van der Waals surface area contributed by atoms with Crippen LogP contribution in [0.1, 0.15) is 25.5 Å². The van der Waals surface area contributed by atoms with Crippen molar-refractivity contribution in [1.29, 1.82) is 0 Å². The van der Waals surface area contributed by atoms with Gasteiger partial charge in [0.1, 0.15) is 17.3 Å². The van der Waals surface area contributed by atoms with E-state index < -0.39 is 0 Å². The third-order valence-corrected chi connectivity index (χ3v) is 4.35. The summed E-state index contributed by atoms with van der Waals surface area (Å²) in [5, 5.41) is 3.36. The lowest BCUT2D eigenvalue weighted by Gasteiger charge is -2.15. The van der Waals surface area contributed by atoms with Gasteiger partial charge in [0, 0.05) is 12.1 Å². The van der Waals surface area contributed by atoms with Gasteiger partial charge in [-0.15, -0.1) is 0 Å². The zero-order valence-electron chi connectivity index (χ0n) is 11.8. The highest BCUT2D eigenvalue weighted by molar-refractivity contribution is 9.10. The molecule has 1 atom stereocenters. The summed E-state index contributed by atoms with van der Waals surface area (Å²) in [7, 11) is 0. The number of nitrogens with one attached hydrogen (secondary N) is 1. The Labute approximate surface area is 141 Å². The highest BCUT2D eigenvalue weighted by Crippen LogP contribution is 2.33.